The second kappa shape index (κ2) is 5.51. The third-order valence-electron chi connectivity index (χ3n) is 3.33. The van der Waals surface area contributed by atoms with E-state index in [4.69, 9.17) is 11.6 Å². The van der Waals surface area contributed by atoms with Gasteiger partial charge in [0.05, 0.1) is 6.10 Å². The molecule has 0 radical (unpaired) electrons. The fourth-order valence-electron chi connectivity index (χ4n) is 2.06. The van der Waals surface area contributed by atoms with Crippen molar-refractivity contribution in [2.24, 2.45) is 0 Å². The molecule has 1 heterocycles. The molecule has 94 valence electrons. The van der Waals surface area contributed by atoms with Gasteiger partial charge >= 0.3 is 0 Å². The number of pyridine rings is 1. The number of aliphatic hydroxyl groups excluding tert-OH is 1. The zero-order valence-electron chi connectivity index (χ0n) is 10.5. The molecule has 0 saturated heterocycles. The van der Waals surface area contributed by atoms with Gasteiger partial charge in [0.2, 0.25) is 0 Å². The van der Waals surface area contributed by atoms with Crippen LogP contribution >= 0.6 is 11.6 Å². The summed E-state index contributed by atoms with van der Waals surface area (Å²) >= 11 is 6.09. The van der Waals surface area contributed by atoms with Crippen LogP contribution < -0.4 is 0 Å². The molecular formula is C15H16ClNO. The van der Waals surface area contributed by atoms with Crippen molar-refractivity contribution in [2.75, 3.05) is 0 Å². The molecule has 0 amide bonds. The highest BCUT2D eigenvalue weighted by atomic mass is 35.5. The van der Waals surface area contributed by atoms with Crippen molar-refractivity contribution >= 4 is 11.6 Å². The van der Waals surface area contributed by atoms with Crippen molar-refractivity contribution in [1.82, 2.24) is 4.98 Å². The van der Waals surface area contributed by atoms with Crippen molar-refractivity contribution in [3.63, 3.8) is 0 Å². The number of aromatic nitrogens is 1. The standard InChI is InChI=1S/C15H16ClNO/c1-10(12-6-8-17-9-7-12)15(18)13-4-3-5-14(16)11(13)2/h3-10,15,18H,1-2H3. The van der Waals surface area contributed by atoms with Crippen LogP contribution in [0.1, 0.15) is 35.6 Å². The van der Waals surface area contributed by atoms with E-state index in [9.17, 15) is 5.11 Å². The molecule has 1 N–H and O–H groups in total. The van der Waals surface area contributed by atoms with Crippen LogP contribution in [0.3, 0.4) is 0 Å². The fraction of sp³-hybridized carbons (Fsp3) is 0.267. The Kier molecular flexibility index (Phi) is 4.00. The number of aliphatic hydroxyl groups is 1. The van der Waals surface area contributed by atoms with Crippen LogP contribution in [0.4, 0.5) is 0 Å². The van der Waals surface area contributed by atoms with Crippen molar-refractivity contribution < 1.29 is 5.11 Å². The molecule has 2 rings (SSSR count). The Morgan fingerprint density at radius 3 is 2.50 bits per heavy atom. The normalized spacial score (nSPS) is 14.2. The largest absolute Gasteiger partial charge is 0.388 e. The Bertz CT molecular complexity index is 527. The summed E-state index contributed by atoms with van der Waals surface area (Å²) < 4.78 is 0. The summed E-state index contributed by atoms with van der Waals surface area (Å²) in [5.74, 6) is 0.00478. The van der Waals surface area contributed by atoms with E-state index in [1.165, 1.54) is 0 Å². The minimum absolute atomic E-state index is 0.00478. The number of hydrogen-bond acceptors (Lipinski definition) is 2. The zero-order valence-corrected chi connectivity index (χ0v) is 11.2. The third-order valence-corrected chi connectivity index (χ3v) is 3.74. The predicted molar refractivity (Wildman–Crippen MR) is 73.8 cm³/mol. The minimum atomic E-state index is -0.564. The van der Waals surface area contributed by atoms with Crippen LogP contribution in [-0.4, -0.2) is 10.1 Å². The Morgan fingerprint density at radius 2 is 1.83 bits per heavy atom. The first-order valence-electron chi connectivity index (χ1n) is 5.94. The number of benzene rings is 1. The fourth-order valence-corrected chi connectivity index (χ4v) is 2.25. The summed E-state index contributed by atoms with van der Waals surface area (Å²) in [6.07, 6.45) is 2.92. The first kappa shape index (κ1) is 13.1. The Labute approximate surface area is 112 Å². The summed E-state index contributed by atoms with van der Waals surface area (Å²) in [5, 5.41) is 11.2. The first-order valence-corrected chi connectivity index (χ1v) is 6.32. The Hall–Kier alpha value is -1.38. The molecule has 1 aromatic heterocycles. The van der Waals surface area contributed by atoms with Gasteiger partial charge in [-0.25, -0.2) is 0 Å². The zero-order chi connectivity index (χ0) is 13.1. The molecule has 18 heavy (non-hydrogen) atoms. The predicted octanol–water partition coefficient (Wildman–Crippen LogP) is 3.88. The number of rotatable bonds is 3. The highest BCUT2D eigenvalue weighted by Gasteiger charge is 2.20. The average molecular weight is 262 g/mol. The highest BCUT2D eigenvalue weighted by Crippen LogP contribution is 2.33. The van der Waals surface area contributed by atoms with Crippen LogP contribution in [-0.2, 0) is 0 Å². The number of hydrogen-bond donors (Lipinski definition) is 1. The summed E-state index contributed by atoms with van der Waals surface area (Å²) in [7, 11) is 0. The lowest BCUT2D eigenvalue weighted by Gasteiger charge is -2.21. The maximum Gasteiger partial charge on any atom is 0.0858 e. The van der Waals surface area contributed by atoms with Gasteiger partial charge in [-0.05, 0) is 41.8 Å². The van der Waals surface area contributed by atoms with Crippen molar-refractivity contribution in [2.45, 2.75) is 25.9 Å². The maximum atomic E-state index is 10.5. The van der Waals surface area contributed by atoms with Gasteiger partial charge in [0.25, 0.3) is 0 Å². The summed E-state index contributed by atoms with van der Waals surface area (Å²) in [4.78, 5) is 3.99. The molecule has 0 aliphatic rings. The molecule has 1 aromatic carbocycles. The van der Waals surface area contributed by atoms with Crippen LogP contribution in [0.5, 0.6) is 0 Å². The van der Waals surface area contributed by atoms with E-state index in [0.29, 0.717) is 5.02 Å². The molecule has 0 aliphatic heterocycles. The van der Waals surface area contributed by atoms with E-state index < -0.39 is 6.10 Å². The van der Waals surface area contributed by atoms with E-state index in [1.807, 2.05) is 44.2 Å². The van der Waals surface area contributed by atoms with Crippen LogP contribution in [0.2, 0.25) is 5.02 Å². The van der Waals surface area contributed by atoms with Crippen LogP contribution in [0.25, 0.3) is 0 Å². The molecule has 2 unspecified atom stereocenters. The number of halogens is 1. The summed E-state index contributed by atoms with van der Waals surface area (Å²) in [6.45, 7) is 3.93. The topological polar surface area (TPSA) is 33.1 Å². The quantitative estimate of drug-likeness (QED) is 0.910. The summed E-state index contributed by atoms with van der Waals surface area (Å²) in [6, 6.07) is 9.47. The van der Waals surface area contributed by atoms with Crippen molar-refractivity contribution in [1.29, 1.82) is 0 Å². The highest BCUT2D eigenvalue weighted by molar-refractivity contribution is 6.31. The van der Waals surface area contributed by atoms with Crippen LogP contribution in [0.15, 0.2) is 42.7 Å². The molecule has 2 atom stereocenters. The van der Waals surface area contributed by atoms with E-state index >= 15 is 0 Å². The Morgan fingerprint density at radius 1 is 1.17 bits per heavy atom. The minimum Gasteiger partial charge on any atom is -0.388 e. The lowest BCUT2D eigenvalue weighted by atomic mass is 9.89. The van der Waals surface area contributed by atoms with Gasteiger partial charge in [-0.3, -0.25) is 4.98 Å². The lowest BCUT2D eigenvalue weighted by Crippen LogP contribution is -2.09. The Balaban J connectivity index is 2.31. The smallest absolute Gasteiger partial charge is 0.0858 e. The molecular weight excluding hydrogens is 246 g/mol. The maximum absolute atomic E-state index is 10.5. The molecule has 2 nitrogen and oxygen atoms in total. The van der Waals surface area contributed by atoms with Gasteiger partial charge < -0.3 is 5.11 Å². The van der Waals surface area contributed by atoms with Gasteiger partial charge in [-0.2, -0.15) is 0 Å². The van der Waals surface area contributed by atoms with Gasteiger partial charge in [0.1, 0.15) is 0 Å². The molecule has 0 bridgehead atoms. The molecule has 0 spiro atoms. The second-order valence-electron chi connectivity index (χ2n) is 4.47. The molecule has 0 aliphatic carbocycles. The van der Waals surface area contributed by atoms with Crippen molar-refractivity contribution in [3.05, 3.63) is 64.4 Å². The van der Waals surface area contributed by atoms with Gasteiger partial charge in [0, 0.05) is 23.3 Å². The summed E-state index contributed by atoms with van der Waals surface area (Å²) in [5.41, 5.74) is 2.89. The van der Waals surface area contributed by atoms with E-state index in [1.54, 1.807) is 12.4 Å². The van der Waals surface area contributed by atoms with E-state index in [-0.39, 0.29) is 5.92 Å². The molecule has 0 fully saturated rings. The van der Waals surface area contributed by atoms with Crippen LogP contribution in [0, 0.1) is 6.92 Å². The molecule has 0 saturated carbocycles. The molecule has 2 aromatic rings. The van der Waals surface area contributed by atoms with E-state index in [2.05, 4.69) is 4.98 Å². The SMILES string of the molecule is Cc1c(Cl)cccc1C(O)C(C)c1ccncc1. The lowest BCUT2D eigenvalue weighted by molar-refractivity contribution is 0.151. The second-order valence-corrected chi connectivity index (χ2v) is 4.88. The molecule has 3 heteroatoms. The van der Waals surface area contributed by atoms with Gasteiger partial charge in [-0.1, -0.05) is 30.7 Å². The average Bonchev–Trinajstić information content (AvgIpc) is 2.41. The monoisotopic (exact) mass is 261 g/mol. The van der Waals surface area contributed by atoms with Gasteiger partial charge in [-0.15, -0.1) is 0 Å². The van der Waals surface area contributed by atoms with Gasteiger partial charge in [0.15, 0.2) is 0 Å². The third kappa shape index (κ3) is 2.55. The number of nitrogens with zero attached hydrogens (tertiary/aromatic N) is 1. The van der Waals surface area contributed by atoms with E-state index in [0.717, 1.165) is 16.7 Å². The first-order chi connectivity index (χ1) is 8.61. The van der Waals surface area contributed by atoms with Crippen molar-refractivity contribution in [3.8, 4) is 0 Å².